The summed E-state index contributed by atoms with van der Waals surface area (Å²) >= 11 is 6.10. The number of pyridine rings is 1. The Morgan fingerprint density at radius 3 is 2.52 bits per heavy atom. The second-order valence-electron chi connectivity index (χ2n) is 6.96. The third-order valence-corrected chi connectivity index (χ3v) is 4.79. The van der Waals surface area contributed by atoms with Gasteiger partial charge < -0.3 is 19.4 Å². The summed E-state index contributed by atoms with van der Waals surface area (Å²) in [6, 6.07) is 11.4. The normalized spacial score (nSPS) is 12.1. The van der Waals surface area contributed by atoms with Gasteiger partial charge in [-0.2, -0.15) is 0 Å². The fourth-order valence-electron chi connectivity index (χ4n) is 3.01. The summed E-state index contributed by atoms with van der Waals surface area (Å²) in [5.74, 6) is 0.892. The average molecular weight is 415 g/mol. The fraction of sp³-hybridized carbons (Fsp3) is 0.273. The minimum absolute atomic E-state index is 0.0444. The first-order chi connectivity index (χ1) is 13.8. The number of carbonyl (C=O) groups is 1. The number of carbonyl (C=O) groups excluding carboxylic acids is 1. The van der Waals surface area contributed by atoms with Gasteiger partial charge in [0.05, 0.1) is 18.2 Å². The minimum Gasteiger partial charge on any atom is -0.495 e. The van der Waals surface area contributed by atoms with Crippen LogP contribution < -0.4 is 20.3 Å². The number of hydrogen-bond donors (Lipinski definition) is 1. The van der Waals surface area contributed by atoms with Crippen LogP contribution in [0.5, 0.6) is 11.5 Å². The molecular formula is C22H23ClN2O4. The maximum Gasteiger partial charge on any atom is 0.259 e. The lowest BCUT2D eigenvalue weighted by Gasteiger charge is -2.17. The van der Waals surface area contributed by atoms with Gasteiger partial charge in [-0.05, 0) is 68.6 Å². The number of rotatable bonds is 6. The first kappa shape index (κ1) is 20.7. The number of anilines is 1. The van der Waals surface area contributed by atoms with E-state index in [1.54, 1.807) is 49.5 Å². The van der Waals surface area contributed by atoms with E-state index in [9.17, 15) is 9.59 Å². The number of nitrogens with zero attached hydrogens (tertiary/aromatic N) is 1. The van der Waals surface area contributed by atoms with Gasteiger partial charge in [-0.3, -0.25) is 9.59 Å². The molecule has 0 aliphatic carbocycles. The summed E-state index contributed by atoms with van der Waals surface area (Å²) in [5.41, 5.74) is 0.283. The summed E-state index contributed by atoms with van der Waals surface area (Å²) in [6.45, 7) is 5.56. The van der Waals surface area contributed by atoms with Gasteiger partial charge in [0.2, 0.25) is 5.91 Å². The maximum atomic E-state index is 12.9. The number of aromatic nitrogens is 1. The van der Waals surface area contributed by atoms with E-state index in [4.69, 9.17) is 21.1 Å². The van der Waals surface area contributed by atoms with Crippen LogP contribution >= 0.6 is 11.6 Å². The van der Waals surface area contributed by atoms with Crippen LogP contribution in [0.15, 0.2) is 53.5 Å². The molecule has 0 fully saturated rings. The van der Waals surface area contributed by atoms with Crippen LogP contribution in [-0.2, 0) is 4.79 Å². The number of fused-ring (bicyclic) bond motifs is 1. The highest BCUT2D eigenvalue weighted by Crippen LogP contribution is 2.27. The molecule has 6 nitrogen and oxygen atoms in total. The van der Waals surface area contributed by atoms with Crippen LogP contribution in [0.3, 0.4) is 0 Å². The van der Waals surface area contributed by atoms with Crippen LogP contribution in [0.25, 0.3) is 10.8 Å². The number of methoxy groups -OCH3 is 1. The van der Waals surface area contributed by atoms with Crippen LogP contribution in [0.1, 0.15) is 26.8 Å². The Morgan fingerprint density at radius 2 is 1.86 bits per heavy atom. The smallest absolute Gasteiger partial charge is 0.259 e. The lowest BCUT2D eigenvalue weighted by molar-refractivity contribution is -0.118. The summed E-state index contributed by atoms with van der Waals surface area (Å²) in [4.78, 5) is 25.6. The van der Waals surface area contributed by atoms with Gasteiger partial charge in [0.15, 0.2) is 0 Å². The predicted molar refractivity (Wildman–Crippen MR) is 115 cm³/mol. The molecule has 7 heteroatoms. The molecule has 0 bridgehead atoms. The summed E-state index contributed by atoms with van der Waals surface area (Å²) in [5, 5.41) is 4.46. The van der Waals surface area contributed by atoms with Crippen molar-refractivity contribution in [1.29, 1.82) is 0 Å². The molecule has 0 aliphatic heterocycles. The molecule has 2 aromatic carbocycles. The van der Waals surface area contributed by atoms with Gasteiger partial charge in [0.25, 0.3) is 5.56 Å². The Kier molecular flexibility index (Phi) is 6.13. The first-order valence-corrected chi connectivity index (χ1v) is 9.64. The largest absolute Gasteiger partial charge is 0.495 e. The molecule has 0 radical (unpaired) electrons. The lowest BCUT2D eigenvalue weighted by Crippen LogP contribution is -2.31. The van der Waals surface area contributed by atoms with Crippen molar-refractivity contribution in [1.82, 2.24) is 4.57 Å². The molecule has 1 atom stereocenters. The van der Waals surface area contributed by atoms with Crippen LogP contribution in [0.2, 0.25) is 5.02 Å². The van der Waals surface area contributed by atoms with Gasteiger partial charge >= 0.3 is 0 Å². The molecule has 1 unspecified atom stereocenters. The van der Waals surface area contributed by atoms with Gasteiger partial charge in [0, 0.05) is 17.3 Å². The van der Waals surface area contributed by atoms with E-state index in [0.717, 1.165) is 5.39 Å². The standard InChI is InChI=1S/C22H23ClN2O4/c1-13(2)29-17-6-7-18-15(11-17)9-10-25(22(18)27)14(3)21(26)24-16-5-8-20(28-4)19(23)12-16/h5-14H,1-4H3,(H,24,26). The number of ether oxygens (including phenoxy) is 2. The van der Waals surface area contributed by atoms with E-state index in [0.29, 0.717) is 27.6 Å². The van der Waals surface area contributed by atoms with Gasteiger partial charge in [-0.15, -0.1) is 0 Å². The highest BCUT2D eigenvalue weighted by atomic mass is 35.5. The molecule has 0 saturated carbocycles. The van der Waals surface area contributed by atoms with Crippen LogP contribution in [0.4, 0.5) is 5.69 Å². The predicted octanol–water partition coefficient (Wildman–Crippen LogP) is 4.65. The third-order valence-electron chi connectivity index (χ3n) is 4.49. The van der Waals surface area contributed by atoms with Crippen molar-refractivity contribution < 1.29 is 14.3 Å². The van der Waals surface area contributed by atoms with Crippen molar-refractivity contribution in [2.75, 3.05) is 12.4 Å². The van der Waals surface area contributed by atoms with Gasteiger partial charge in [-0.25, -0.2) is 0 Å². The molecule has 0 saturated heterocycles. The molecule has 0 spiro atoms. The molecular weight excluding hydrogens is 392 g/mol. The average Bonchev–Trinajstić information content (AvgIpc) is 2.67. The van der Waals surface area contributed by atoms with Crippen LogP contribution in [0, 0.1) is 0 Å². The van der Waals surface area contributed by atoms with Crippen molar-refractivity contribution >= 4 is 34.0 Å². The Morgan fingerprint density at radius 1 is 1.10 bits per heavy atom. The van der Waals surface area contributed by atoms with E-state index in [1.807, 2.05) is 19.9 Å². The first-order valence-electron chi connectivity index (χ1n) is 9.26. The molecule has 3 aromatic rings. The summed E-state index contributed by atoms with van der Waals surface area (Å²) in [6.07, 6.45) is 1.66. The zero-order valence-electron chi connectivity index (χ0n) is 16.7. The van der Waals surface area contributed by atoms with Crippen molar-refractivity contribution in [2.24, 2.45) is 0 Å². The Labute approximate surface area is 174 Å². The lowest BCUT2D eigenvalue weighted by atomic mass is 10.1. The number of nitrogens with one attached hydrogen (secondary N) is 1. The van der Waals surface area contributed by atoms with Crippen molar-refractivity contribution in [3.8, 4) is 11.5 Å². The highest BCUT2D eigenvalue weighted by Gasteiger charge is 2.18. The quantitative estimate of drug-likeness (QED) is 0.637. The van der Waals surface area contributed by atoms with E-state index in [-0.39, 0.29) is 17.6 Å². The topological polar surface area (TPSA) is 69.6 Å². The molecule has 1 amide bonds. The number of benzene rings is 2. The van der Waals surface area contributed by atoms with Gasteiger partial charge in [0.1, 0.15) is 17.5 Å². The second kappa shape index (κ2) is 8.57. The molecule has 3 rings (SSSR count). The van der Waals surface area contributed by atoms with Crippen LogP contribution in [-0.4, -0.2) is 23.7 Å². The van der Waals surface area contributed by atoms with Crippen molar-refractivity contribution in [3.05, 3.63) is 64.0 Å². The van der Waals surface area contributed by atoms with E-state index >= 15 is 0 Å². The Hall–Kier alpha value is -2.99. The molecule has 1 aromatic heterocycles. The second-order valence-corrected chi connectivity index (χ2v) is 7.37. The number of hydrogen-bond acceptors (Lipinski definition) is 4. The van der Waals surface area contributed by atoms with E-state index in [2.05, 4.69) is 5.32 Å². The SMILES string of the molecule is COc1ccc(NC(=O)C(C)n2ccc3cc(OC(C)C)ccc3c2=O)cc1Cl. The zero-order chi connectivity index (χ0) is 21.1. The van der Waals surface area contributed by atoms with E-state index in [1.165, 1.54) is 11.7 Å². The molecule has 1 N–H and O–H groups in total. The molecule has 0 aliphatic rings. The number of halogens is 1. The monoisotopic (exact) mass is 414 g/mol. The molecule has 1 heterocycles. The van der Waals surface area contributed by atoms with Gasteiger partial charge in [-0.1, -0.05) is 11.6 Å². The fourth-order valence-corrected chi connectivity index (χ4v) is 3.27. The zero-order valence-corrected chi connectivity index (χ0v) is 17.5. The summed E-state index contributed by atoms with van der Waals surface area (Å²) < 4.78 is 12.2. The Balaban J connectivity index is 1.85. The highest BCUT2D eigenvalue weighted by molar-refractivity contribution is 6.32. The maximum absolute atomic E-state index is 12.9. The molecule has 29 heavy (non-hydrogen) atoms. The van der Waals surface area contributed by atoms with Crippen molar-refractivity contribution in [3.63, 3.8) is 0 Å². The molecule has 152 valence electrons. The summed E-state index contributed by atoms with van der Waals surface area (Å²) in [7, 11) is 1.52. The number of amides is 1. The minimum atomic E-state index is -0.709. The van der Waals surface area contributed by atoms with E-state index < -0.39 is 6.04 Å². The van der Waals surface area contributed by atoms with Crippen molar-refractivity contribution in [2.45, 2.75) is 32.9 Å². The Bertz CT molecular complexity index is 1110. The third kappa shape index (κ3) is 4.54.